The Bertz CT molecular complexity index is 965. The molecule has 1 saturated heterocycles. The number of likely N-dealkylation sites (tertiary alicyclic amines) is 1. The summed E-state index contributed by atoms with van der Waals surface area (Å²) in [6, 6.07) is 19.9. The Kier molecular flexibility index (Phi) is 6.20. The van der Waals surface area contributed by atoms with Crippen molar-refractivity contribution in [2.75, 3.05) is 18.8 Å². The fourth-order valence-electron chi connectivity index (χ4n) is 3.59. The third kappa shape index (κ3) is 4.82. The molecule has 1 fully saturated rings. The van der Waals surface area contributed by atoms with Gasteiger partial charge in [0.15, 0.2) is 0 Å². The maximum Gasteiger partial charge on any atom is 0.233 e. The number of carbonyl (C=O) groups excluding carboxylic acids is 1. The van der Waals surface area contributed by atoms with E-state index in [4.69, 9.17) is 4.98 Å². The number of aromatic nitrogens is 3. The van der Waals surface area contributed by atoms with Crippen LogP contribution in [0, 0.1) is 5.92 Å². The second kappa shape index (κ2) is 9.18. The summed E-state index contributed by atoms with van der Waals surface area (Å²) >= 11 is 1.36. The molecule has 0 spiro atoms. The molecule has 2 heterocycles. The Hall–Kier alpha value is -2.73. The molecule has 1 aromatic heterocycles. The van der Waals surface area contributed by atoms with Crippen LogP contribution < -0.4 is 0 Å². The molecule has 0 aliphatic carbocycles. The smallest absolute Gasteiger partial charge is 0.233 e. The van der Waals surface area contributed by atoms with Crippen LogP contribution in [-0.4, -0.2) is 44.8 Å². The lowest BCUT2D eigenvalue weighted by Crippen LogP contribution is -2.40. The van der Waals surface area contributed by atoms with Crippen LogP contribution in [-0.2, 0) is 4.79 Å². The maximum atomic E-state index is 12.6. The lowest BCUT2D eigenvalue weighted by molar-refractivity contribution is -0.130. The minimum atomic E-state index is 0.151. The van der Waals surface area contributed by atoms with E-state index in [0.29, 0.717) is 16.8 Å². The quantitative estimate of drug-likeness (QED) is 0.584. The van der Waals surface area contributed by atoms with Crippen LogP contribution in [0.15, 0.2) is 65.8 Å². The standard InChI is InChI=1S/C23H24N4OS/c1-17-9-8-14-27(15-17)20(28)16-29-23-24-21(18-10-4-2-5-11-18)22(25-26-23)19-12-6-3-7-13-19/h2-7,10-13,17H,8-9,14-16H2,1H3/t17-/m0/s1. The SMILES string of the molecule is C[C@H]1CCCN(C(=O)CSc2nnc(-c3ccccc3)c(-c3ccccc3)n2)C1. The molecule has 1 atom stereocenters. The summed E-state index contributed by atoms with van der Waals surface area (Å²) in [5, 5.41) is 9.30. The van der Waals surface area contributed by atoms with E-state index in [-0.39, 0.29) is 5.91 Å². The average Bonchev–Trinajstić information content (AvgIpc) is 2.78. The van der Waals surface area contributed by atoms with E-state index in [0.717, 1.165) is 42.0 Å². The highest BCUT2D eigenvalue weighted by Gasteiger charge is 2.21. The second-order valence-electron chi connectivity index (χ2n) is 7.40. The molecule has 0 radical (unpaired) electrons. The largest absolute Gasteiger partial charge is 0.342 e. The van der Waals surface area contributed by atoms with E-state index in [1.54, 1.807) is 0 Å². The van der Waals surface area contributed by atoms with Crippen molar-refractivity contribution in [2.24, 2.45) is 5.92 Å². The molecule has 1 aliphatic rings. The Morgan fingerprint density at radius 3 is 2.31 bits per heavy atom. The summed E-state index contributed by atoms with van der Waals surface area (Å²) in [6.07, 6.45) is 2.28. The minimum absolute atomic E-state index is 0.151. The monoisotopic (exact) mass is 404 g/mol. The topological polar surface area (TPSA) is 59.0 Å². The zero-order chi connectivity index (χ0) is 20.1. The van der Waals surface area contributed by atoms with Crippen LogP contribution in [0.5, 0.6) is 0 Å². The van der Waals surface area contributed by atoms with Gasteiger partial charge in [0, 0.05) is 24.2 Å². The summed E-state index contributed by atoms with van der Waals surface area (Å²) in [7, 11) is 0. The average molecular weight is 405 g/mol. The molecule has 0 N–H and O–H groups in total. The molecule has 148 valence electrons. The molecule has 3 aromatic rings. The number of benzene rings is 2. The van der Waals surface area contributed by atoms with Gasteiger partial charge in [-0.05, 0) is 18.8 Å². The molecule has 1 amide bonds. The number of hydrogen-bond donors (Lipinski definition) is 0. The number of hydrogen-bond acceptors (Lipinski definition) is 5. The van der Waals surface area contributed by atoms with Crippen molar-refractivity contribution < 1.29 is 4.79 Å². The minimum Gasteiger partial charge on any atom is -0.342 e. The molecular weight excluding hydrogens is 380 g/mol. The summed E-state index contributed by atoms with van der Waals surface area (Å²) in [5.74, 6) is 1.07. The van der Waals surface area contributed by atoms with Gasteiger partial charge in [-0.1, -0.05) is 79.3 Å². The number of amides is 1. The van der Waals surface area contributed by atoms with E-state index < -0.39 is 0 Å². The van der Waals surface area contributed by atoms with Crippen LogP contribution in [0.25, 0.3) is 22.5 Å². The molecule has 5 nitrogen and oxygen atoms in total. The number of carbonyl (C=O) groups is 1. The Labute approximate surface area is 175 Å². The molecule has 1 aliphatic heterocycles. The van der Waals surface area contributed by atoms with Gasteiger partial charge < -0.3 is 4.90 Å². The number of nitrogens with zero attached hydrogens (tertiary/aromatic N) is 4. The normalized spacial score (nSPS) is 16.6. The van der Waals surface area contributed by atoms with Gasteiger partial charge >= 0.3 is 0 Å². The van der Waals surface area contributed by atoms with Crippen molar-refractivity contribution >= 4 is 17.7 Å². The molecule has 0 unspecified atom stereocenters. The summed E-state index contributed by atoms with van der Waals surface area (Å²) in [6.45, 7) is 3.90. The Balaban J connectivity index is 1.56. The van der Waals surface area contributed by atoms with E-state index in [9.17, 15) is 4.79 Å². The predicted octanol–water partition coefficient (Wildman–Crippen LogP) is 4.56. The van der Waals surface area contributed by atoms with Crippen molar-refractivity contribution in [3.8, 4) is 22.5 Å². The second-order valence-corrected chi connectivity index (χ2v) is 8.34. The Morgan fingerprint density at radius 1 is 1.00 bits per heavy atom. The van der Waals surface area contributed by atoms with Gasteiger partial charge in [0.2, 0.25) is 11.1 Å². The van der Waals surface area contributed by atoms with Gasteiger partial charge in [0.05, 0.1) is 5.75 Å². The first-order chi connectivity index (χ1) is 14.2. The zero-order valence-corrected chi connectivity index (χ0v) is 17.3. The van der Waals surface area contributed by atoms with Gasteiger partial charge in [-0.3, -0.25) is 4.79 Å². The van der Waals surface area contributed by atoms with Crippen LogP contribution in [0.4, 0.5) is 0 Å². The third-order valence-corrected chi connectivity index (χ3v) is 5.92. The fraction of sp³-hybridized carbons (Fsp3) is 0.304. The number of rotatable bonds is 5. The molecule has 29 heavy (non-hydrogen) atoms. The first-order valence-corrected chi connectivity index (χ1v) is 11.0. The summed E-state index contributed by atoms with van der Waals surface area (Å²) in [5.41, 5.74) is 3.49. The van der Waals surface area contributed by atoms with Gasteiger partial charge in [0.25, 0.3) is 0 Å². The van der Waals surface area contributed by atoms with Gasteiger partial charge in [-0.2, -0.15) is 0 Å². The fourth-order valence-corrected chi connectivity index (χ4v) is 4.28. The molecule has 0 bridgehead atoms. The lowest BCUT2D eigenvalue weighted by atomic mass is 10.0. The van der Waals surface area contributed by atoms with E-state index in [1.807, 2.05) is 65.6 Å². The van der Waals surface area contributed by atoms with Crippen molar-refractivity contribution in [2.45, 2.75) is 24.9 Å². The van der Waals surface area contributed by atoms with Crippen LogP contribution >= 0.6 is 11.8 Å². The summed E-state index contributed by atoms with van der Waals surface area (Å²) < 4.78 is 0. The molecule has 6 heteroatoms. The van der Waals surface area contributed by atoms with Crippen molar-refractivity contribution in [3.05, 3.63) is 60.7 Å². The Morgan fingerprint density at radius 2 is 1.66 bits per heavy atom. The van der Waals surface area contributed by atoms with Crippen LogP contribution in [0.1, 0.15) is 19.8 Å². The number of thioether (sulfide) groups is 1. The molecular formula is C23H24N4OS. The highest BCUT2D eigenvalue weighted by atomic mass is 32.2. The molecule has 4 rings (SSSR count). The zero-order valence-electron chi connectivity index (χ0n) is 16.5. The van der Waals surface area contributed by atoms with Gasteiger partial charge in [-0.15, -0.1) is 10.2 Å². The van der Waals surface area contributed by atoms with Crippen molar-refractivity contribution in [1.29, 1.82) is 0 Å². The van der Waals surface area contributed by atoms with Gasteiger partial charge in [0.1, 0.15) is 11.4 Å². The van der Waals surface area contributed by atoms with Crippen LogP contribution in [0.2, 0.25) is 0 Å². The van der Waals surface area contributed by atoms with Crippen LogP contribution in [0.3, 0.4) is 0 Å². The molecule has 2 aromatic carbocycles. The lowest BCUT2D eigenvalue weighted by Gasteiger charge is -2.30. The van der Waals surface area contributed by atoms with Crippen molar-refractivity contribution in [3.63, 3.8) is 0 Å². The molecule has 0 saturated carbocycles. The third-order valence-electron chi connectivity index (χ3n) is 5.10. The first-order valence-electron chi connectivity index (χ1n) is 9.97. The highest BCUT2D eigenvalue weighted by molar-refractivity contribution is 7.99. The van der Waals surface area contributed by atoms with Crippen molar-refractivity contribution in [1.82, 2.24) is 20.1 Å². The van der Waals surface area contributed by atoms with E-state index >= 15 is 0 Å². The first kappa shape index (κ1) is 19.6. The maximum absolute atomic E-state index is 12.6. The highest BCUT2D eigenvalue weighted by Crippen LogP contribution is 2.29. The van der Waals surface area contributed by atoms with E-state index in [2.05, 4.69) is 17.1 Å². The predicted molar refractivity (Wildman–Crippen MR) is 116 cm³/mol. The van der Waals surface area contributed by atoms with Gasteiger partial charge in [-0.25, -0.2) is 4.98 Å². The number of piperidine rings is 1. The summed E-state index contributed by atoms with van der Waals surface area (Å²) in [4.78, 5) is 19.3. The van der Waals surface area contributed by atoms with E-state index in [1.165, 1.54) is 18.2 Å².